The van der Waals surface area contributed by atoms with Crippen molar-refractivity contribution < 1.29 is 4.79 Å². The summed E-state index contributed by atoms with van der Waals surface area (Å²) in [5.74, 6) is 0.275. The summed E-state index contributed by atoms with van der Waals surface area (Å²) in [6.45, 7) is 12.1. The zero-order valence-corrected chi connectivity index (χ0v) is 12.2. The molecule has 0 aliphatic rings. The molecule has 1 heterocycles. The van der Waals surface area contributed by atoms with Crippen LogP contribution in [-0.2, 0) is 11.3 Å². The van der Waals surface area contributed by atoms with Gasteiger partial charge in [0.2, 0.25) is 0 Å². The molecule has 1 aromatic rings. The van der Waals surface area contributed by atoms with Gasteiger partial charge in [-0.25, -0.2) is 0 Å². The number of carbonyl (C=O) groups is 1. The molecule has 0 saturated carbocycles. The molecule has 100 valence electrons. The summed E-state index contributed by atoms with van der Waals surface area (Å²) in [5.41, 5.74) is 1.78. The Morgan fingerprint density at radius 1 is 1.33 bits per heavy atom. The molecule has 1 rings (SSSR count). The molecule has 3 heteroatoms. The molecule has 0 bridgehead atoms. The third-order valence-corrected chi connectivity index (χ3v) is 2.98. The van der Waals surface area contributed by atoms with Crippen LogP contribution >= 0.6 is 0 Å². The molecule has 0 atom stereocenters. The fourth-order valence-electron chi connectivity index (χ4n) is 1.64. The second kappa shape index (κ2) is 6.10. The van der Waals surface area contributed by atoms with Crippen LogP contribution in [0.5, 0.6) is 0 Å². The number of aryl methyl sites for hydroxylation is 1. The van der Waals surface area contributed by atoms with Gasteiger partial charge in [-0.3, -0.25) is 14.7 Å². The molecule has 0 unspecified atom stereocenters. The second-order valence-electron chi connectivity index (χ2n) is 5.75. The van der Waals surface area contributed by atoms with E-state index in [0.29, 0.717) is 6.54 Å². The molecule has 0 saturated heterocycles. The number of hydrogen-bond acceptors (Lipinski definition) is 3. The Balaban J connectivity index is 2.66. The number of nitrogens with zero attached hydrogens (tertiary/aromatic N) is 2. The van der Waals surface area contributed by atoms with Gasteiger partial charge >= 0.3 is 0 Å². The van der Waals surface area contributed by atoms with Gasteiger partial charge < -0.3 is 0 Å². The lowest BCUT2D eigenvalue weighted by Gasteiger charge is -2.24. The van der Waals surface area contributed by atoms with Crippen molar-refractivity contribution in [1.82, 2.24) is 9.88 Å². The fraction of sp³-hybridized carbons (Fsp3) is 0.600. The molecule has 0 aliphatic carbocycles. The van der Waals surface area contributed by atoms with Gasteiger partial charge in [-0.2, -0.15) is 0 Å². The summed E-state index contributed by atoms with van der Waals surface area (Å²) in [7, 11) is 0. The normalized spacial score (nSPS) is 11.9. The van der Waals surface area contributed by atoms with Crippen molar-refractivity contribution in [3.8, 4) is 0 Å². The number of Topliss-reactive ketones (excluding diaryl/α,β-unsaturated/α-hetero) is 1. The minimum atomic E-state index is -0.270. The standard InChI is InChI=1S/C15H24N2O/c1-6-17(11-14(18)15(3,4)5)10-13-9-7-8-12(2)16-13/h7-9H,6,10-11H2,1-5H3. The quantitative estimate of drug-likeness (QED) is 0.803. The first-order chi connectivity index (χ1) is 8.32. The molecule has 0 radical (unpaired) electrons. The first-order valence-electron chi connectivity index (χ1n) is 6.51. The lowest BCUT2D eigenvalue weighted by Crippen LogP contribution is -2.35. The van der Waals surface area contributed by atoms with Crippen molar-refractivity contribution in [2.75, 3.05) is 13.1 Å². The van der Waals surface area contributed by atoms with E-state index in [1.165, 1.54) is 0 Å². The summed E-state index contributed by atoms with van der Waals surface area (Å²) in [4.78, 5) is 18.6. The summed E-state index contributed by atoms with van der Waals surface area (Å²) >= 11 is 0. The first-order valence-corrected chi connectivity index (χ1v) is 6.51. The number of aromatic nitrogens is 1. The van der Waals surface area contributed by atoms with E-state index in [1.54, 1.807) is 0 Å². The monoisotopic (exact) mass is 248 g/mol. The lowest BCUT2D eigenvalue weighted by molar-refractivity contribution is -0.127. The van der Waals surface area contributed by atoms with Crippen LogP contribution in [0.4, 0.5) is 0 Å². The number of pyridine rings is 1. The van der Waals surface area contributed by atoms with E-state index < -0.39 is 0 Å². The Labute approximate surface area is 110 Å². The third-order valence-electron chi connectivity index (χ3n) is 2.98. The van der Waals surface area contributed by atoms with Gasteiger partial charge in [0.05, 0.1) is 12.2 Å². The molecule has 1 aromatic heterocycles. The summed E-state index contributed by atoms with van der Waals surface area (Å²) in [5, 5.41) is 0. The fourth-order valence-corrected chi connectivity index (χ4v) is 1.64. The van der Waals surface area contributed by atoms with Crippen LogP contribution < -0.4 is 0 Å². The molecule has 3 nitrogen and oxygen atoms in total. The summed E-state index contributed by atoms with van der Waals surface area (Å²) < 4.78 is 0. The minimum absolute atomic E-state index is 0.270. The Morgan fingerprint density at radius 2 is 2.00 bits per heavy atom. The van der Waals surface area contributed by atoms with Crippen molar-refractivity contribution in [2.45, 2.75) is 41.2 Å². The molecule has 0 spiro atoms. The Morgan fingerprint density at radius 3 is 2.50 bits per heavy atom. The van der Waals surface area contributed by atoms with Crippen LogP contribution in [-0.4, -0.2) is 28.8 Å². The zero-order chi connectivity index (χ0) is 13.8. The van der Waals surface area contributed by atoms with Crippen molar-refractivity contribution >= 4 is 5.78 Å². The molecular formula is C15H24N2O. The van der Waals surface area contributed by atoms with Gasteiger partial charge in [0.15, 0.2) is 5.78 Å². The van der Waals surface area contributed by atoms with Crippen LogP contribution in [0.15, 0.2) is 18.2 Å². The molecule has 0 aliphatic heterocycles. The third kappa shape index (κ3) is 4.57. The van der Waals surface area contributed by atoms with Gasteiger partial charge in [0.25, 0.3) is 0 Å². The number of ketones is 1. The number of hydrogen-bond donors (Lipinski definition) is 0. The highest BCUT2D eigenvalue weighted by atomic mass is 16.1. The summed E-state index contributed by atoms with van der Waals surface area (Å²) in [6.07, 6.45) is 0. The highest BCUT2D eigenvalue weighted by Crippen LogP contribution is 2.15. The first kappa shape index (κ1) is 14.8. The maximum Gasteiger partial charge on any atom is 0.152 e. The largest absolute Gasteiger partial charge is 0.298 e. The maximum atomic E-state index is 12.0. The van der Waals surface area contributed by atoms with Gasteiger partial charge in [-0.1, -0.05) is 33.8 Å². The van der Waals surface area contributed by atoms with Crippen LogP contribution in [0.3, 0.4) is 0 Å². The van der Waals surface area contributed by atoms with Crippen molar-refractivity contribution in [2.24, 2.45) is 5.41 Å². The smallest absolute Gasteiger partial charge is 0.152 e. The highest BCUT2D eigenvalue weighted by Gasteiger charge is 2.23. The molecule has 18 heavy (non-hydrogen) atoms. The van der Waals surface area contributed by atoms with Gasteiger partial charge in [-0.15, -0.1) is 0 Å². The van der Waals surface area contributed by atoms with Crippen LogP contribution in [0, 0.1) is 12.3 Å². The second-order valence-corrected chi connectivity index (χ2v) is 5.75. The predicted octanol–water partition coefficient (Wildman–Crippen LogP) is 2.83. The van der Waals surface area contributed by atoms with Gasteiger partial charge in [0, 0.05) is 17.7 Å². The Hall–Kier alpha value is -1.22. The molecule has 0 N–H and O–H groups in total. The molecular weight excluding hydrogens is 224 g/mol. The molecule has 0 amide bonds. The van der Waals surface area contributed by atoms with E-state index >= 15 is 0 Å². The van der Waals surface area contributed by atoms with E-state index in [2.05, 4.69) is 16.8 Å². The van der Waals surface area contributed by atoms with Gasteiger partial charge in [-0.05, 0) is 25.6 Å². The Bertz CT molecular complexity index is 407. The minimum Gasteiger partial charge on any atom is -0.298 e. The zero-order valence-electron chi connectivity index (χ0n) is 12.2. The summed E-state index contributed by atoms with van der Waals surface area (Å²) in [6, 6.07) is 6.01. The SMILES string of the molecule is CCN(CC(=O)C(C)(C)C)Cc1cccc(C)n1. The van der Waals surface area contributed by atoms with E-state index in [1.807, 2.05) is 45.9 Å². The van der Waals surface area contributed by atoms with E-state index in [4.69, 9.17) is 0 Å². The number of carbonyl (C=O) groups excluding carboxylic acids is 1. The highest BCUT2D eigenvalue weighted by molar-refractivity contribution is 5.85. The average molecular weight is 248 g/mol. The predicted molar refractivity (Wildman–Crippen MR) is 74.4 cm³/mol. The van der Waals surface area contributed by atoms with E-state index in [0.717, 1.165) is 24.5 Å². The van der Waals surface area contributed by atoms with Gasteiger partial charge in [0.1, 0.15) is 0 Å². The lowest BCUT2D eigenvalue weighted by atomic mass is 9.90. The molecule has 0 aromatic carbocycles. The van der Waals surface area contributed by atoms with E-state index in [9.17, 15) is 4.79 Å². The topological polar surface area (TPSA) is 33.2 Å². The van der Waals surface area contributed by atoms with Crippen molar-refractivity contribution in [3.05, 3.63) is 29.6 Å². The maximum absolute atomic E-state index is 12.0. The average Bonchev–Trinajstić information content (AvgIpc) is 2.26. The van der Waals surface area contributed by atoms with E-state index in [-0.39, 0.29) is 11.2 Å². The van der Waals surface area contributed by atoms with Crippen molar-refractivity contribution in [1.29, 1.82) is 0 Å². The van der Waals surface area contributed by atoms with Crippen LogP contribution in [0.2, 0.25) is 0 Å². The molecule has 0 fully saturated rings. The number of rotatable bonds is 5. The van der Waals surface area contributed by atoms with Crippen LogP contribution in [0.25, 0.3) is 0 Å². The van der Waals surface area contributed by atoms with Crippen LogP contribution in [0.1, 0.15) is 39.1 Å². The van der Waals surface area contributed by atoms with Crippen molar-refractivity contribution in [3.63, 3.8) is 0 Å². The Kier molecular flexibility index (Phi) is 5.03. The number of likely N-dealkylation sites (N-methyl/N-ethyl adjacent to an activating group) is 1.